The highest BCUT2D eigenvalue weighted by atomic mass is 16.5. The molecule has 3 aliphatic rings. The molecule has 0 aromatic heterocycles. The Morgan fingerprint density at radius 1 is 1.09 bits per heavy atom. The molecule has 2 aromatic carbocycles. The maximum atomic E-state index is 13.1. The lowest BCUT2D eigenvalue weighted by molar-refractivity contribution is -0.152. The van der Waals surface area contributed by atoms with E-state index in [1.54, 1.807) is 7.11 Å². The number of likely N-dealkylation sites (tertiary alicyclic amines) is 1. The van der Waals surface area contributed by atoms with Crippen molar-refractivity contribution in [1.82, 2.24) is 9.80 Å². The number of nitriles is 1. The van der Waals surface area contributed by atoms with E-state index < -0.39 is 0 Å². The van der Waals surface area contributed by atoms with E-state index in [1.165, 1.54) is 17.5 Å². The van der Waals surface area contributed by atoms with E-state index in [0.29, 0.717) is 35.8 Å². The molecule has 166 valence electrons. The third-order valence-electron chi connectivity index (χ3n) is 7.64. The van der Waals surface area contributed by atoms with Crippen molar-refractivity contribution in [2.45, 2.75) is 50.7 Å². The number of amides is 1. The van der Waals surface area contributed by atoms with Crippen LogP contribution in [0.25, 0.3) is 0 Å². The Balaban J connectivity index is 1.39. The van der Waals surface area contributed by atoms with Gasteiger partial charge in [0.1, 0.15) is 5.75 Å². The third-order valence-corrected chi connectivity index (χ3v) is 7.64. The van der Waals surface area contributed by atoms with Crippen molar-refractivity contribution in [3.05, 3.63) is 65.2 Å². The third kappa shape index (κ3) is 4.12. The number of ether oxygens (including phenoxy) is 1. The fourth-order valence-electron chi connectivity index (χ4n) is 6.25. The molecule has 2 aromatic rings. The quantitative estimate of drug-likeness (QED) is 0.721. The number of piperidine rings is 3. The van der Waals surface area contributed by atoms with Gasteiger partial charge >= 0.3 is 0 Å². The molecule has 0 N–H and O–H groups in total. The number of benzene rings is 2. The molecule has 5 rings (SSSR count). The van der Waals surface area contributed by atoms with Crippen LogP contribution in [0.5, 0.6) is 5.75 Å². The molecule has 3 saturated heterocycles. The van der Waals surface area contributed by atoms with Crippen molar-refractivity contribution in [1.29, 1.82) is 5.26 Å². The number of carbonyl (C=O) groups excluding carboxylic acids is 1. The zero-order chi connectivity index (χ0) is 22.1. The molecule has 32 heavy (non-hydrogen) atoms. The summed E-state index contributed by atoms with van der Waals surface area (Å²) in [4.78, 5) is 17.9. The first-order valence-corrected chi connectivity index (χ1v) is 11.8. The molecule has 5 heteroatoms. The van der Waals surface area contributed by atoms with Crippen LogP contribution in [0.4, 0.5) is 0 Å². The highest BCUT2D eigenvalue weighted by Gasteiger charge is 2.49. The highest BCUT2D eigenvalue weighted by Crippen LogP contribution is 2.43. The second kappa shape index (κ2) is 8.96. The van der Waals surface area contributed by atoms with Crippen LogP contribution in [0.1, 0.15) is 42.4 Å². The van der Waals surface area contributed by atoms with Crippen LogP contribution in [0.3, 0.4) is 0 Å². The second-order valence-electron chi connectivity index (χ2n) is 9.64. The molecule has 1 amide bonds. The number of hydrogen-bond acceptors (Lipinski definition) is 4. The van der Waals surface area contributed by atoms with Crippen molar-refractivity contribution in [3.63, 3.8) is 0 Å². The Morgan fingerprint density at radius 3 is 2.69 bits per heavy atom. The van der Waals surface area contributed by atoms with Gasteiger partial charge in [0.05, 0.1) is 18.7 Å². The van der Waals surface area contributed by atoms with Crippen molar-refractivity contribution in [3.8, 4) is 11.8 Å². The monoisotopic (exact) mass is 429 g/mol. The smallest absolute Gasteiger partial charge is 0.223 e. The van der Waals surface area contributed by atoms with Gasteiger partial charge in [0.2, 0.25) is 5.91 Å². The summed E-state index contributed by atoms with van der Waals surface area (Å²) < 4.78 is 5.44. The minimum Gasteiger partial charge on any atom is -0.497 e. The molecule has 5 nitrogen and oxygen atoms in total. The largest absolute Gasteiger partial charge is 0.497 e. The predicted octanol–water partition coefficient (Wildman–Crippen LogP) is 4.01. The van der Waals surface area contributed by atoms with Gasteiger partial charge in [-0.05, 0) is 72.9 Å². The van der Waals surface area contributed by atoms with Crippen LogP contribution < -0.4 is 4.74 Å². The van der Waals surface area contributed by atoms with E-state index in [1.807, 2.05) is 24.3 Å². The lowest BCUT2D eigenvalue weighted by atomic mass is 9.70. The number of carbonyl (C=O) groups is 1. The summed E-state index contributed by atoms with van der Waals surface area (Å²) in [6, 6.07) is 19.1. The lowest BCUT2D eigenvalue weighted by Gasteiger charge is -2.57. The number of rotatable bonds is 5. The van der Waals surface area contributed by atoms with Crippen molar-refractivity contribution in [2.75, 3.05) is 20.2 Å². The molecule has 0 aliphatic carbocycles. The van der Waals surface area contributed by atoms with Gasteiger partial charge in [-0.15, -0.1) is 0 Å². The van der Waals surface area contributed by atoms with Crippen LogP contribution in [0.15, 0.2) is 48.5 Å². The van der Waals surface area contributed by atoms with Crippen LogP contribution in [-0.4, -0.2) is 48.0 Å². The topological polar surface area (TPSA) is 56.6 Å². The van der Waals surface area contributed by atoms with Crippen molar-refractivity contribution < 1.29 is 9.53 Å². The minimum atomic E-state index is 0.250. The SMILES string of the molecule is COc1cccc(C[C@H]2[C@H]3C[C@H](CN(Cc4ccc(C#N)cc4)C3)[C@@H]3CCCC(=O)N32)c1. The van der Waals surface area contributed by atoms with E-state index in [-0.39, 0.29) is 6.04 Å². The average molecular weight is 430 g/mol. The zero-order valence-corrected chi connectivity index (χ0v) is 18.7. The number of methoxy groups -OCH3 is 1. The van der Waals surface area contributed by atoms with E-state index in [2.05, 4.69) is 40.1 Å². The Labute approximate surface area is 190 Å². The maximum Gasteiger partial charge on any atom is 0.223 e. The summed E-state index contributed by atoms with van der Waals surface area (Å²) >= 11 is 0. The Hall–Kier alpha value is -2.84. The summed E-state index contributed by atoms with van der Waals surface area (Å²) in [6.07, 6.45) is 4.94. The average Bonchev–Trinajstić information content (AvgIpc) is 2.82. The van der Waals surface area contributed by atoms with Gasteiger partial charge in [-0.25, -0.2) is 0 Å². The Bertz CT molecular complexity index is 1010. The first-order valence-electron chi connectivity index (χ1n) is 11.8. The fourth-order valence-corrected chi connectivity index (χ4v) is 6.25. The van der Waals surface area contributed by atoms with Gasteiger partial charge in [0.15, 0.2) is 0 Å². The lowest BCUT2D eigenvalue weighted by Crippen LogP contribution is -2.65. The van der Waals surface area contributed by atoms with E-state index in [9.17, 15) is 4.79 Å². The first kappa shape index (κ1) is 21.0. The molecule has 0 radical (unpaired) electrons. The molecule has 2 bridgehead atoms. The second-order valence-corrected chi connectivity index (χ2v) is 9.64. The Morgan fingerprint density at radius 2 is 1.91 bits per heavy atom. The predicted molar refractivity (Wildman–Crippen MR) is 123 cm³/mol. The summed E-state index contributed by atoms with van der Waals surface area (Å²) in [5.41, 5.74) is 3.21. The summed E-state index contributed by atoms with van der Waals surface area (Å²) in [7, 11) is 1.71. The normalized spacial score (nSPS) is 27.5. The standard InChI is InChI=1S/C27H31N3O2/c1-32-24-5-2-4-21(12-24)13-26-23-14-22(25-6-3-7-27(31)30(25)26)17-29(18-23)16-20-10-8-19(15-28)9-11-20/h2,4-5,8-12,22-23,25-26H,3,6-7,13-14,16-18H2,1H3/t22-,23+,25+,26+/m1/s1. The van der Waals surface area contributed by atoms with Crippen molar-refractivity contribution >= 4 is 5.91 Å². The number of nitrogens with zero attached hydrogens (tertiary/aromatic N) is 3. The molecule has 3 aliphatic heterocycles. The Kier molecular flexibility index (Phi) is 5.89. The van der Waals surface area contributed by atoms with E-state index in [4.69, 9.17) is 10.00 Å². The molecular weight excluding hydrogens is 398 g/mol. The molecule has 0 spiro atoms. The van der Waals surface area contributed by atoms with Gasteiger partial charge in [-0.3, -0.25) is 9.69 Å². The molecular formula is C27H31N3O2. The van der Waals surface area contributed by atoms with Gasteiger partial charge in [-0.1, -0.05) is 24.3 Å². The maximum absolute atomic E-state index is 13.1. The van der Waals surface area contributed by atoms with E-state index in [0.717, 1.165) is 44.6 Å². The van der Waals surface area contributed by atoms with Gasteiger partial charge in [-0.2, -0.15) is 5.26 Å². The van der Waals surface area contributed by atoms with Gasteiger partial charge in [0.25, 0.3) is 0 Å². The molecule has 3 fully saturated rings. The summed E-state index contributed by atoms with van der Waals surface area (Å²) in [5.74, 6) is 2.27. The number of fused-ring (bicyclic) bond motifs is 4. The summed E-state index contributed by atoms with van der Waals surface area (Å²) in [5, 5.41) is 9.07. The zero-order valence-electron chi connectivity index (χ0n) is 18.7. The van der Waals surface area contributed by atoms with Crippen molar-refractivity contribution in [2.24, 2.45) is 11.8 Å². The van der Waals surface area contributed by atoms with Gasteiger partial charge in [0, 0.05) is 38.1 Å². The molecule has 4 atom stereocenters. The highest BCUT2D eigenvalue weighted by molar-refractivity contribution is 5.78. The summed E-state index contributed by atoms with van der Waals surface area (Å²) in [6.45, 7) is 2.98. The number of hydrogen-bond donors (Lipinski definition) is 0. The fraction of sp³-hybridized carbons (Fsp3) is 0.481. The molecule has 3 heterocycles. The molecule has 0 unspecified atom stereocenters. The van der Waals surface area contributed by atoms with Gasteiger partial charge < -0.3 is 9.64 Å². The van der Waals surface area contributed by atoms with E-state index >= 15 is 0 Å². The molecule has 0 saturated carbocycles. The first-order chi connectivity index (χ1) is 15.6. The van der Waals surface area contributed by atoms with Crippen LogP contribution >= 0.6 is 0 Å². The van der Waals surface area contributed by atoms with Crippen LogP contribution in [-0.2, 0) is 17.8 Å². The minimum absolute atomic E-state index is 0.250. The van der Waals surface area contributed by atoms with Crippen LogP contribution in [0, 0.1) is 23.2 Å². The van der Waals surface area contributed by atoms with Crippen LogP contribution in [0.2, 0.25) is 0 Å².